The van der Waals surface area contributed by atoms with Crippen LogP contribution in [0.4, 0.5) is 5.82 Å². The number of rotatable bonds is 6. The second kappa shape index (κ2) is 7.79. The third kappa shape index (κ3) is 4.14. The Morgan fingerprint density at radius 1 is 1.21 bits per heavy atom. The second-order valence-electron chi connectivity index (χ2n) is 6.81. The van der Waals surface area contributed by atoms with Crippen LogP contribution in [0.15, 0.2) is 6.07 Å². The zero-order valence-electron chi connectivity index (χ0n) is 14.4. The van der Waals surface area contributed by atoms with E-state index in [2.05, 4.69) is 20.6 Å². The normalized spacial score (nSPS) is 18.9. The number of anilines is 1. The maximum Gasteiger partial charge on any atom is 0.271 e. The van der Waals surface area contributed by atoms with E-state index >= 15 is 0 Å². The molecule has 0 atom stereocenters. The van der Waals surface area contributed by atoms with Crippen molar-refractivity contribution < 1.29 is 9.59 Å². The number of carbonyl (C=O) groups excluding carboxylic acids is 2. The smallest absolute Gasteiger partial charge is 0.271 e. The average molecular weight is 333 g/mol. The first-order chi connectivity index (χ1) is 11.6. The molecule has 2 heterocycles. The van der Waals surface area contributed by atoms with Crippen molar-refractivity contribution in [3.8, 4) is 0 Å². The van der Waals surface area contributed by atoms with Crippen LogP contribution in [0.5, 0.6) is 0 Å². The minimum Gasteiger partial charge on any atom is -0.349 e. The predicted octanol–water partition coefficient (Wildman–Crippen LogP) is 1.37. The Morgan fingerprint density at radius 2 is 1.92 bits per heavy atom. The quantitative estimate of drug-likeness (QED) is 0.824. The Hall–Kier alpha value is -1.89. The van der Waals surface area contributed by atoms with Gasteiger partial charge < -0.3 is 15.5 Å². The molecule has 1 aliphatic carbocycles. The average Bonchev–Trinajstić information content (AvgIpc) is 3.29. The van der Waals surface area contributed by atoms with Crippen LogP contribution in [0, 0.1) is 5.92 Å². The number of nitrogens with one attached hydrogen (secondary N) is 2. The highest BCUT2D eigenvalue weighted by atomic mass is 16.2. The molecule has 2 N–H and O–H groups in total. The monoisotopic (exact) mass is 333 g/mol. The third-order valence-corrected chi connectivity index (χ3v) is 5.00. The standard InChI is InChI=1S/C17H27N5O2/c1-21-15(19-16(23)13-6-2-3-7-13)12-14(20-21)17(24)18-8-11-22-9-4-5-10-22/h12-13H,2-11H2,1H3,(H,18,24)(H,19,23). The number of likely N-dealkylation sites (tertiary alicyclic amines) is 1. The van der Waals surface area contributed by atoms with Gasteiger partial charge in [-0.2, -0.15) is 5.10 Å². The molecule has 0 bridgehead atoms. The molecule has 132 valence electrons. The fraction of sp³-hybridized carbons (Fsp3) is 0.706. The summed E-state index contributed by atoms with van der Waals surface area (Å²) >= 11 is 0. The number of amides is 2. The summed E-state index contributed by atoms with van der Waals surface area (Å²) < 4.78 is 1.56. The zero-order valence-corrected chi connectivity index (χ0v) is 14.4. The summed E-state index contributed by atoms with van der Waals surface area (Å²) in [5, 5.41) is 10.0. The van der Waals surface area contributed by atoms with Crippen LogP contribution < -0.4 is 10.6 Å². The zero-order chi connectivity index (χ0) is 16.9. The van der Waals surface area contributed by atoms with E-state index in [1.54, 1.807) is 17.8 Å². The molecule has 0 aromatic carbocycles. The maximum atomic E-state index is 12.2. The summed E-state index contributed by atoms with van der Waals surface area (Å²) in [6.07, 6.45) is 6.64. The summed E-state index contributed by atoms with van der Waals surface area (Å²) in [7, 11) is 1.74. The van der Waals surface area contributed by atoms with E-state index in [9.17, 15) is 9.59 Å². The fourth-order valence-electron chi connectivity index (χ4n) is 3.54. The SMILES string of the molecule is Cn1nc(C(=O)NCCN2CCCC2)cc1NC(=O)C1CCCC1. The van der Waals surface area contributed by atoms with Gasteiger partial charge in [-0.05, 0) is 38.8 Å². The Kier molecular flexibility index (Phi) is 5.50. The van der Waals surface area contributed by atoms with E-state index in [0.29, 0.717) is 18.1 Å². The number of hydrogen-bond acceptors (Lipinski definition) is 4. The molecule has 1 aromatic heterocycles. The lowest BCUT2D eigenvalue weighted by atomic mass is 10.1. The number of aryl methyl sites for hydroxylation is 1. The van der Waals surface area contributed by atoms with Crippen LogP contribution in [0.2, 0.25) is 0 Å². The van der Waals surface area contributed by atoms with E-state index in [0.717, 1.165) is 45.3 Å². The molecule has 0 spiro atoms. The predicted molar refractivity (Wildman–Crippen MR) is 91.8 cm³/mol. The van der Waals surface area contributed by atoms with Crippen LogP contribution >= 0.6 is 0 Å². The van der Waals surface area contributed by atoms with Gasteiger partial charge in [0.05, 0.1) is 0 Å². The topological polar surface area (TPSA) is 79.3 Å². The highest BCUT2D eigenvalue weighted by Gasteiger charge is 2.24. The van der Waals surface area contributed by atoms with Crippen LogP contribution in [0.25, 0.3) is 0 Å². The van der Waals surface area contributed by atoms with Gasteiger partial charge in [0.25, 0.3) is 5.91 Å². The molecule has 1 aliphatic heterocycles. The molecule has 7 heteroatoms. The molecule has 3 rings (SSSR count). The van der Waals surface area contributed by atoms with Gasteiger partial charge in [0, 0.05) is 32.1 Å². The lowest BCUT2D eigenvalue weighted by Gasteiger charge is -2.14. The van der Waals surface area contributed by atoms with Crippen molar-refractivity contribution in [3.05, 3.63) is 11.8 Å². The lowest BCUT2D eigenvalue weighted by molar-refractivity contribution is -0.119. The van der Waals surface area contributed by atoms with Gasteiger partial charge in [0.1, 0.15) is 5.82 Å². The van der Waals surface area contributed by atoms with Crippen LogP contribution in [-0.2, 0) is 11.8 Å². The van der Waals surface area contributed by atoms with Gasteiger partial charge in [0.15, 0.2) is 5.69 Å². The largest absolute Gasteiger partial charge is 0.349 e. The van der Waals surface area contributed by atoms with Crippen molar-refractivity contribution >= 4 is 17.6 Å². The molecule has 2 amide bonds. The summed E-state index contributed by atoms with van der Waals surface area (Å²) in [6, 6.07) is 1.65. The van der Waals surface area contributed by atoms with Crippen LogP contribution in [0.3, 0.4) is 0 Å². The van der Waals surface area contributed by atoms with Gasteiger partial charge in [-0.1, -0.05) is 12.8 Å². The Balaban J connectivity index is 1.50. The molecule has 24 heavy (non-hydrogen) atoms. The maximum absolute atomic E-state index is 12.2. The summed E-state index contributed by atoms with van der Waals surface area (Å²) in [6.45, 7) is 3.75. The number of carbonyl (C=O) groups is 2. The third-order valence-electron chi connectivity index (χ3n) is 5.00. The minimum absolute atomic E-state index is 0.0384. The first kappa shape index (κ1) is 17.0. The van der Waals surface area contributed by atoms with Gasteiger partial charge in [-0.3, -0.25) is 14.3 Å². The summed E-state index contributed by atoms with van der Waals surface area (Å²) in [4.78, 5) is 26.8. The molecule has 1 saturated carbocycles. The Morgan fingerprint density at radius 3 is 2.62 bits per heavy atom. The van der Waals surface area contributed by atoms with E-state index in [-0.39, 0.29) is 17.7 Å². The second-order valence-corrected chi connectivity index (χ2v) is 6.81. The molecule has 2 fully saturated rings. The number of nitrogens with zero attached hydrogens (tertiary/aromatic N) is 3. The summed E-state index contributed by atoms with van der Waals surface area (Å²) in [5.74, 6) is 0.525. The van der Waals surface area contributed by atoms with Gasteiger partial charge >= 0.3 is 0 Å². The van der Waals surface area contributed by atoms with Crippen molar-refractivity contribution in [2.24, 2.45) is 13.0 Å². The molecule has 1 saturated heterocycles. The lowest BCUT2D eigenvalue weighted by Crippen LogP contribution is -2.33. The molecule has 2 aliphatic rings. The van der Waals surface area contributed by atoms with Gasteiger partial charge in [-0.25, -0.2) is 0 Å². The Labute approximate surface area is 142 Å². The van der Waals surface area contributed by atoms with Crippen molar-refractivity contribution in [2.45, 2.75) is 38.5 Å². The highest BCUT2D eigenvalue weighted by molar-refractivity contribution is 5.96. The van der Waals surface area contributed by atoms with Gasteiger partial charge in [0.2, 0.25) is 5.91 Å². The van der Waals surface area contributed by atoms with Crippen molar-refractivity contribution in [1.82, 2.24) is 20.0 Å². The fourth-order valence-corrected chi connectivity index (χ4v) is 3.54. The van der Waals surface area contributed by atoms with Crippen LogP contribution in [-0.4, -0.2) is 52.7 Å². The van der Waals surface area contributed by atoms with E-state index < -0.39 is 0 Å². The molecule has 0 radical (unpaired) electrons. The molecule has 7 nitrogen and oxygen atoms in total. The first-order valence-electron chi connectivity index (χ1n) is 8.99. The van der Waals surface area contributed by atoms with Crippen molar-refractivity contribution in [1.29, 1.82) is 0 Å². The summed E-state index contributed by atoms with van der Waals surface area (Å²) in [5.41, 5.74) is 0.348. The molecular weight excluding hydrogens is 306 g/mol. The number of aromatic nitrogens is 2. The van der Waals surface area contributed by atoms with Crippen molar-refractivity contribution in [2.75, 3.05) is 31.5 Å². The molecule has 0 unspecified atom stereocenters. The van der Waals surface area contributed by atoms with Gasteiger partial charge in [-0.15, -0.1) is 0 Å². The molecule has 1 aromatic rings. The first-order valence-corrected chi connectivity index (χ1v) is 8.99. The van der Waals surface area contributed by atoms with E-state index in [1.165, 1.54) is 12.8 Å². The minimum atomic E-state index is -0.189. The molecular formula is C17H27N5O2. The van der Waals surface area contributed by atoms with E-state index in [1.807, 2.05) is 0 Å². The number of hydrogen-bond donors (Lipinski definition) is 2. The van der Waals surface area contributed by atoms with Crippen LogP contribution in [0.1, 0.15) is 49.0 Å². The van der Waals surface area contributed by atoms with Crippen molar-refractivity contribution in [3.63, 3.8) is 0 Å². The highest BCUT2D eigenvalue weighted by Crippen LogP contribution is 2.26. The Bertz CT molecular complexity index is 586. The van der Waals surface area contributed by atoms with E-state index in [4.69, 9.17) is 0 Å².